The molecule has 4 rings (SSSR count). The lowest BCUT2D eigenvalue weighted by Crippen LogP contribution is -2.33. The van der Waals surface area contributed by atoms with Gasteiger partial charge in [0.1, 0.15) is 6.54 Å². The molecule has 0 fully saturated rings. The third kappa shape index (κ3) is 2.80. The fourth-order valence-corrected chi connectivity index (χ4v) is 2.77. The number of nitrogens with zero attached hydrogens (tertiary/aromatic N) is 3. The standard InChI is InChI=1S/C18H12N4O5/c23-14(24)9-19-15-10-5-1-2-6-11(10)16(21-20-15)27-22-17(25)12-7-3-4-8-13(12)18(22)26/h1-8H,9H2,(H,19,20)(H,23,24). The summed E-state index contributed by atoms with van der Waals surface area (Å²) in [5, 5.41) is 21.0. The van der Waals surface area contributed by atoms with Crippen LogP contribution in [0.15, 0.2) is 48.5 Å². The van der Waals surface area contributed by atoms with E-state index in [1.54, 1.807) is 48.5 Å². The van der Waals surface area contributed by atoms with Gasteiger partial charge in [0.25, 0.3) is 17.7 Å². The van der Waals surface area contributed by atoms with Crippen molar-refractivity contribution < 1.29 is 24.3 Å². The van der Waals surface area contributed by atoms with Gasteiger partial charge in [0, 0.05) is 5.39 Å². The van der Waals surface area contributed by atoms with Gasteiger partial charge in [-0.1, -0.05) is 35.4 Å². The number of imide groups is 1. The molecule has 2 heterocycles. The van der Waals surface area contributed by atoms with Crippen LogP contribution in [0.25, 0.3) is 10.8 Å². The summed E-state index contributed by atoms with van der Waals surface area (Å²) in [6.07, 6.45) is 0. The van der Waals surface area contributed by atoms with Crippen molar-refractivity contribution in [2.75, 3.05) is 11.9 Å². The van der Waals surface area contributed by atoms with Crippen molar-refractivity contribution in [3.63, 3.8) is 0 Å². The molecule has 0 aliphatic carbocycles. The quantitative estimate of drug-likeness (QED) is 0.656. The molecule has 0 saturated carbocycles. The summed E-state index contributed by atoms with van der Waals surface area (Å²) >= 11 is 0. The van der Waals surface area contributed by atoms with Gasteiger partial charge in [0.05, 0.1) is 16.5 Å². The van der Waals surface area contributed by atoms with Crippen LogP contribution >= 0.6 is 0 Å². The van der Waals surface area contributed by atoms with E-state index in [0.29, 0.717) is 15.8 Å². The number of carboxylic acids is 1. The van der Waals surface area contributed by atoms with Crippen molar-refractivity contribution in [3.8, 4) is 5.88 Å². The van der Waals surface area contributed by atoms with Crippen LogP contribution in [0, 0.1) is 0 Å². The normalized spacial score (nSPS) is 13.0. The molecule has 0 spiro atoms. The van der Waals surface area contributed by atoms with E-state index in [4.69, 9.17) is 9.94 Å². The SMILES string of the molecule is O=C(O)CNc1nnc(ON2C(=O)c3ccccc3C2=O)c2ccccc12. The molecule has 0 bridgehead atoms. The van der Waals surface area contributed by atoms with E-state index in [0.717, 1.165) is 0 Å². The Labute approximate surface area is 152 Å². The first-order valence-corrected chi connectivity index (χ1v) is 7.93. The molecular weight excluding hydrogens is 352 g/mol. The second-order valence-electron chi connectivity index (χ2n) is 5.69. The Morgan fingerprint density at radius 3 is 2.19 bits per heavy atom. The average Bonchev–Trinajstić information content (AvgIpc) is 2.92. The maximum absolute atomic E-state index is 12.4. The second kappa shape index (κ2) is 6.37. The number of carboxylic acid groups (broad SMARTS) is 1. The topological polar surface area (TPSA) is 122 Å². The third-order valence-electron chi connectivity index (χ3n) is 4.00. The summed E-state index contributed by atoms with van der Waals surface area (Å²) in [6.45, 7) is -0.336. The van der Waals surface area contributed by atoms with E-state index < -0.39 is 17.8 Å². The molecule has 0 unspecified atom stereocenters. The summed E-state index contributed by atoms with van der Waals surface area (Å²) in [5.74, 6) is -2.01. The van der Waals surface area contributed by atoms with E-state index in [1.165, 1.54) is 0 Å². The Morgan fingerprint density at radius 2 is 1.56 bits per heavy atom. The zero-order valence-electron chi connectivity index (χ0n) is 13.7. The van der Waals surface area contributed by atoms with Gasteiger partial charge in [0.2, 0.25) is 0 Å². The number of carbonyl (C=O) groups excluding carboxylic acids is 2. The van der Waals surface area contributed by atoms with Gasteiger partial charge in [-0.2, -0.15) is 0 Å². The van der Waals surface area contributed by atoms with Crippen LogP contribution in [0.5, 0.6) is 5.88 Å². The molecule has 134 valence electrons. The first-order chi connectivity index (χ1) is 13.1. The summed E-state index contributed by atoms with van der Waals surface area (Å²) < 4.78 is 0. The minimum atomic E-state index is -1.05. The largest absolute Gasteiger partial charge is 0.480 e. The lowest BCUT2D eigenvalue weighted by Gasteiger charge is -2.15. The number of hydrogen-bond donors (Lipinski definition) is 2. The zero-order valence-corrected chi connectivity index (χ0v) is 13.7. The molecule has 2 N–H and O–H groups in total. The first kappa shape index (κ1) is 16.5. The predicted octanol–water partition coefficient (Wildman–Crippen LogP) is 1.72. The fraction of sp³-hybridized carbons (Fsp3) is 0.0556. The molecular formula is C18H12N4O5. The van der Waals surface area contributed by atoms with Gasteiger partial charge in [0.15, 0.2) is 5.82 Å². The van der Waals surface area contributed by atoms with Gasteiger partial charge in [-0.3, -0.25) is 14.4 Å². The molecule has 0 radical (unpaired) electrons. The Hall–Kier alpha value is -4.01. The molecule has 27 heavy (non-hydrogen) atoms. The number of amides is 2. The Morgan fingerprint density at radius 1 is 0.963 bits per heavy atom. The number of rotatable bonds is 5. The molecule has 1 aliphatic heterocycles. The summed E-state index contributed by atoms with van der Waals surface area (Å²) in [4.78, 5) is 41.2. The van der Waals surface area contributed by atoms with Crippen LogP contribution in [0.3, 0.4) is 0 Å². The van der Waals surface area contributed by atoms with Crippen LogP contribution in [0.4, 0.5) is 5.82 Å². The lowest BCUT2D eigenvalue weighted by molar-refractivity contribution is -0.134. The number of aliphatic carboxylic acids is 1. The highest BCUT2D eigenvalue weighted by molar-refractivity contribution is 6.20. The maximum atomic E-state index is 12.4. The summed E-state index contributed by atoms with van der Waals surface area (Å²) in [7, 11) is 0. The molecule has 2 amide bonds. The number of anilines is 1. The Kier molecular flexibility index (Phi) is 3.88. The van der Waals surface area contributed by atoms with Crippen LogP contribution in [-0.2, 0) is 4.79 Å². The van der Waals surface area contributed by atoms with E-state index in [9.17, 15) is 14.4 Å². The third-order valence-corrected chi connectivity index (χ3v) is 4.00. The predicted molar refractivity (Wildman–Crippen MR) is 93.2 cm³/mol. The zero-order chi connectivity index (χ0) is 19.0. The highest BCUT2D eigenvalue weighted by Gasteiger charge is 2.38. The number of aromatic nitrogens is 2. The van der Waals surface area contributed by atoms with Gasteiger partial charge in [-0.25, -0.2) is 0 Å². The fourth-order valence-electron chi connectivity index (χ4n) is 2.77. The van der Waals surface area contributed by atoms with Crippen molar-refractivity contribution in [2.45, 2.75) is 0 Å². The number of benzene rings is 2. The van der Waals surface area contributed by atoms with Crippen LogP contribution in [0.1, 0.15) is 20.7 Å². The minimum absolute atomic E-state index is 0.0408. The van der Waals surface area contributed by atoms with Crippen molar-refractivity contribution in [3.05, 3.63) is 59.7 Å². The molecule has 9 nitrogen and oxygen atoms in total. The first-order valence-electron chi connectivity index (χ1n) is 7.93. The minimum Gasteiger partial charge on any atom is -0.480 e. The number of nitrogens with one attached hydrogen (secondary N) is 1. The van der Waals surface area contributed by atoms with Gasteiger partial charge in [-0.05, 0) is 18.2 Å². The van der Waals surface area contributed by atoms with E-state index in [-0.39, 0.29) is 29.4 Å². The lowest BCUT2D eigenvalue weighted by atomic mass is 10.1. The smallest absolute Gasteiger partial charge is 0.322 e. The number of fused-ring (bicyclic) bond motifs is 2. The van der Waals surface area contributed by atoms with Gasteiger partial charge < -0.3 is 15.3 Å². The Balaban J connectivity index is 1.70. The van der Waals surface area contributed by atoms with Crippen LogP contribution in [0.2, 0.25) is 0 Å². The second-order valence-corrected chi connectivity index (χ2v) is 5.69. The van der Waals surface area contributed by atoms with Crippen LogP contribution in [-0.4, -0.2) is 44.7 Å². The molecule has 0 saturated heterocycles. The van der Waals surface area contributed by atoms with Crippen LogP contribution < -0.4 is 10.2 Å². The molecule has 2 aromatic carbocycles. The number of hydroxylamine groups is 2. The number of hydrogen-bond acceptors (Lipinski definition) is 7. The average molecular weight is 364 g/mol. The highest BCUT2D eigenvalue weighted by atomic mass is 16.7. The van der Waals surface area contributed by atoms with Crippen molar-refractivity contribution in [1.82, 2.24) is 15.3 Å². The molecule has 1 aliphatic rings. The summed E-state index contributed by atoms with van der Waals surface area (Å²) in [5.41, 5.74) is 0.499. The molecule has 9 heteroatoms. The highest BCUT2D eigenvalue weighted by Crippen LogP contribution is 2.30. The molecule has 1 aromatic heterocycles. The molecule has 0 atom stereocenters. The van der Waals surface area contributed by atoms with Crippen molar-refractivity contribution in [1.29, 1.82) is 0 Å². The molecule has 3 aromatic rings. The summed E-state index contributed by atoms with van der Waals surface area (Å²) in [6, 6.07) is 13.2. The van der Waals surface area contributed by atoms with Gasteiger partial charge >= 0.3 is 5.97 Å². The van der Waals surface area contributed by atoms with E-state index in [2.05, 4.69) is 15.5 Å². The monoisotopic (exact) mass is 364 g/mol. The Bertz CT molecular complexity index is 1060. The number of carbonyl (C=O) groups is 3. The van der Waals surface area contributed by atoms with E-state index >= 15 is 0 Å². The van der Waals surface area contributed by atoms with Crippen molar-refractivity contribution >= 4 is 34.4 Å². The maximum Gasteiger partial charge on any atom is 0.322 e. The van der Waals surface area contributed by atoms with E-state index in [1.807, 2.05) is 0 Å². The van der Waals surface area contributed by atoms with Gasteiger partial charge in [-0.15, -0.1) is 10.2 Å². The van der Waals surface area contributed by atoms with Crippen molar-refractivity contribution in [2.24, 2.45) is 0 Å².